The van der Waals surface area contributed by atoms with E-state index in [4.69, 9.17) is 16.0 Å². The van der Waals surface area contributed by atoms with Gasteiger partial charge in [-0.3, -0.25) is 4.79 Å². The summed E-state index contributed by atoms with van der Waals surface area (Å²) in [5.41, 5.74) is 0.0896. The van der Waals surface area contributed by atoms with E-state index < -0.39 is 29.0 Å². The average Bonchev–Trinajstić information content (AvgIpc) is 3.06. The molecule has 1 amide bonds. The van der Waals surface area contributed by atoms with Gasteiger partial charge in [-0.15, -0.1) is 0 Å². The van der Waals surface area contributed by atoms with E-state index in [1.807, 2.05) is 0 Å². The van der Waals surface area contributed by atoms with E-state index in [0.29, 0.717) is 22.4 Å². The Bertz CT molecular complexity index is 924. The summed E-state index contributed by atoms with van der Waals surface area (Å²) < 4.78 is 45.0. The van der Waals surface area contributed by atoms with E-state index in [2.05, 4.69) is 5.32 Å². The minimum atomic E-state index is -1.66. The maximum Gasteiger partial charge on any atom is 0.291 e. The molecule has 0 radical (unpaired) electrons. The molecule has 1 heterocycles. The summed E-state index contributed by atoms with van der Waals surface area (Å²) in [4.78, 5) is 12.1. The lowest BCUT2D eigenvalue weighted by atomic mass is 10.2. The minimum absolute atomic E-state index is 0.131. The molecule has 0 aliphatic carbocycles. The normalized spacial score (nSPS) is 10.7. The van der Waals surface area contributed by atoms with Gasteiger partial charge in [0.15, 0.2) is 23.2 Å². The lowest BCUT2D eigenvalue weighted by molar-refractivity contribution is 0.0997. The number of halogens is 4. The van der Waals surface area contributed by atoms with Crippen molar-refractivity contribution in [1.29, 1.82) is 0 Å². The smallest absolute Gasteiger partial charge is 0.291 e. The highest BCUT2D eigenvalue weighted by molar-refractivity contribution is 6.33. The molecule has 0 unspecified atom stereocenters. The molecule has 0 spiro atoms. The van der Waals surface area contributed by atoms with E-state index in [-0.39, 0.29) is 5.76 Å². The molecule has 3 rings (SSSR count). The standard InChI is InChI=1S/C17H9ClF3NO2/c18-10-4-2-1-3-9(10)13-7-8-14(24-13)17(23)22-12-6-5-11(19)15(20)16(12)21/h1-8H,(H,22,23). The second kappa shape index (κ2) is 6.41. The first-order valence-electron chi connectivity index (χ1n) is 6.77. The van der Waals surface area contributed by atoms with E-state index >= 15 is 0 Å². The zero-order valence-corrected chi connectivity index (χ0v) is 12.7. The van der Waals surface area contributed by atoms with Crippen LogP contribution in [0, 0.1) is 17.5 Å². The van der Waals surface area contributed by atoms with Gasteiger partial charge in [0.2, 0.25) is 0 Å². The van der Waals surface area contributed by atoms with Crippen molar-refractivity contribution >= 4 is 23.2 Å². The molecule has 0 aliphatic heterocycles. The Labute approximate surface area is 139 Å². The fourth-order valence-electron chi connectivity index (χ4n) is 2.07. The third kappa shape index (κ3) is 3.00. The van der Waals surface area contributed by atoms with Gasteiger partial charge in [-0.2, -0.15) is 0 Å². The third-order valence-electron chi connectivity index (χ3n) is 3.25. The summed E-state index contributed by atoms with van der Waals surface area (Å²) in [6, 6.07) is 11.4. The summed E-state index contributed by atoms with van der Waals surface area (Å²) in [6.07, 6.45) is 0. The quantitative estimate of drug-likeness (QED) is 0.653. The molecule has 24 heavy (non-hydrogen) atoms. The number of furan rings is 1. The number of hydrogen-bond donors (Lipinski definition) is 1. The molecular formula is C17H9ClF3NO2. The summed E-state index contributed by atoms with van der Waals surface area (Å²) >= 11 is 6.04. The van der Waals surface area contributed by atoms with Gasteiger partial charge in [0, 0.05) is 5.56 Å². The van der Waals surface area contributed by atoms with E-state index in [1.165, 1.54) is 12.1 Å². The van der Waals surface area contributed by atoms with Gasteiger partial charge < -0.3 is 9.73 Å². The number of nitrogens with one attached hydrogen (secondary N) is 1. The van der Waals surface area contributed by atoms with Gasteiger partial charge in [-0.05, 0) is 36.4 Å². The van der Waals surface area contributed by atoms with Crippen LogP contribution in [0.4, 0.5) is 18.9 Å². The van der Waals surface area contributed by atoms with E-state index in [0.717, 1.165) is 6.07 Å². The van der Waals surface area contributed by atoms with Crippen LogP contribution < -0.4 is 5.32 Å². The topological polar surface area (TPSA) is 42.2 Å². The van der Waals surface area contributed by atoms with Gasteiger partial charge in [0.05, 0.1) is 10.7 Å². The van der Waals surface area contributed by atoms with E-state index in [9.17, 15) is 18.0 Å². The highest BCUT2D eigenvalue weighted by atomic mass is 35.5. The minimum Gasteiger partial charge on any atom is -0.451 e. The van der Waals surface area contributed by atoms with Crippen LogP contribution in [0.5, 0.6) is 0 Å². The molecule has 122 valence electrons. The molecule has 3 nitrogen and oxygen atoms in total. The first-order valence-corrected chi connectivity index (χ1v) is 7.14. The number of carbonyl (C=O) groups excluding carboxylic acids is 1. The Balaban J connectivity index is 1.85. The highest BCUT2D eigenvalue weighted by Gasteiger charge is 2.18. The van der Waals surface area contributed by atoms with Crippen LogP contribution in [0.15, 0.2) is 52.9 Å². The summed E-state index contributed by atoms with van der Waals surface area (Å²) in [7, 11) is 0. The number of hydrogen-bond acceptors (Lipinski definition) is 2. The maximum absolute atomic E-state index is 13.6. The number of benzene rings is 2. The lowest BCUT2D eigenvalue weighted by Gasteiger charge is -2.06. The van der Waals surface area contributed by atoms with Crippen LogP contribution in [0.1, 0.15) is 10.6 Å². The number of anilines is 1. The first kappa shape index (κ1) is 16.1. The van der Waals surface area contributed by atoms with Crippen molar-refractivity contribution in [1.82, 2.24) is 0 Å². The monoisotopic (exact) mass is 351 g/mol. The molecule has 2 aromatic carbocycles. The van der Waals surface area contributed by atoms with Crippen molar-refractivity contribution in [2.45, 2.75) is 0 Å². The van der Waals surface area contributed by atoms with Crippen LogP contribution in [0.2, 0.25) is 5.02 Å². The third-order valence-corrected chi connectivity index (χ3v) is 3.58. The Morgan fingerprint density at radius 1 is 0.958 bits per heavy atom. The van der Waals surface area contributed by atoms with Crippen molar-refractivity contribution < 1.29 is 22.4 Å². The fraction of sp³-hybridized carbons (Fsp3) is 0. The zero-order chi connectivity index (χ0) is 17.3. The second-order valence-corrected chi connectivity index (χ2v) is 5.23. The maximum atomic E-state index is 13.6. The van der Waals surface area contributed by atoms with E-state index in [1.54, 1.807) is 24.3 Å². The predicted molar refractivity (Wildman–Crippen MR) is 83.4 cm³/mol. The molecular weight excluding hydrogens is 343 g/mol. The molecule has 0 bridgehead atoms. The molecule has 0 atom stereocenters. The zero-order valence-electron chi connectivity index (χ0n) is 11.9. The van der Waals surface area contributed by atoms with Crippen molar-refractivity contribution in [2.24, 2.45) is 0 Å². The van der Waals surface area contributed by atoms with Crippen LogP contribution in [-0.4, -0.2) is 5.91 Å². The van der Waals surface area contributed by atoms with Gasteiger partial charge >= 0.3 is 0 Å². The summed E-state index contributed by atoms with van der Waals surface area (Å²) in [6.45, 7) is 0. The summed E-state index contributed by atoms with van der Waals surface area (Å²) in [5, 5.41) is 2.56. The van der Waals surface area contributed by atoms with Crippen LogP contribution in [0.3, 0.4) is 0 Å². The Morgan fingerprint density at radius 3 is 2.46 bits per heavy atom. The second-order valence-electron chi connectivity index (χ2n) is 4.82. The fourth-order valence-corrected chi connectivity index (χ4v) is 2.30. The molecule has 1 N–H and O–H groups in total. The average molecular weight is 352 g/mol. The summed E-state index contributed by atoms with van der Waals surface area (Å²) in [5.74, 6) is -5.08. The van der Waals surface area contributed by atoms with Gasteiger partial charge in [-0.1, -0.05) is 23.7 Å². The number of amides is 1. The Kier molecular flexibility index (Phi) is 4.31. The molecule has 0 saturated carbocycles. The van der Waals surface area contributed by atoms with Gasteiger partial charge in [0.25, 0.3) is 5.91 Å². The first-order chi connectivity index (χ1) is 11.5. The molecule has 3 aromatic rings. The van der Waals surface area contributed by atoms with Crippen molar-refractivity contribution in [3.05, 3.63) is 76.8 Å². The molecule has 0 fully saturated rings. The highest BCUT2D eigenvalue weighted by Crippen LogP contribution is 2.29. The molecule has 0 aliphatic rings. The Morgan fingerprint density at radius 2 is 1.71 bits per heavy atom. The predicted octanol–water partition coefficient (Wildman–Crippen LogP) is 5.27. The Hall–Kier alpha value is -2.73. The lowest BCUT2D eigenvalue weighted by Crippen LogP contribution is -2.13. The molecule has 7 heteroatoms. The van der Waals surface area contributed by atoms with Crippen molar-refractivity contribution in [2.75, 3.05) is 5.32 Å². The van der Waals surface area contributed by atoms with Crippen LogP contribution in [-0.2, 0) is 0 Å². The number of carbonyl (C=O) groups is 1. The molecule has 1 aromatic heterocycles. The number of rotatable bonds is 3. The van der Waals surface area contributed by atoms with Crippen molar-refractivity contribution in [3.8, 4) is 11.3 Å². The SMILES string of the molecule is O=C(Nc1ccc(F)c(F)c1F)c1ccc(-c2ccccc2Cl)o1. The van der Waals surface area contributed by atoms with Crippen molar-refractivity contribution in [3.63, 3.8) is 0 Å². The van der Waals surface area contributed by atoms with Crippen LogP contribution >= 0.6 is 11.6 Å². The largest absolute Gasteiger partial charge is 0.451 e. The molecule has 0 saturated heterocycles. The van der Waals surface area contributed by atoms with Crippen LogP contribution in [0.25, 0.3) is 11.3 Å². The van der Waals surface area contributed by atoms with Gasteiger partial charge in [-0.25, -0.2) is 13.2 Å². The van der Waals surface area contributed by atoms with Gasteiger partial charge in [0.1, 0.15) is 5.76 Å².